The zero-order valence-corrected chi connectivity index (χ0v) is 11.1. The van der Waals surface area contributed by atoms with Gasteiger partial charge in [0.05, 0.1) is 0 Å². The molecule has 108 valence electrons. The highest BCUT2D eigenvalue weighted by molar-refractivity contribution is 5.66. The van der Waals surface area contributed by atoms with Crippen LogP contribution in [0.15, 0.2) is 18.3 Å². The van der Waals surface area contributed by atoms with E-state index in [0.29, 0.717) is 31.6 Å². The molecule has 1 aromatic rings. The highest BCUT2D eigenvalue weighted by Crippen LogP contribution is 2.30. The van der Waals surface area contributed by atoms with E-state index in [1.54, 1.807) is 12.1 Å². The molecule has 2 N–H and O–H groups in total. The number of amides is 1. The Kier molecular flexibility index (Phi) is 3.73. The van der Waals surface area contributed by atoms with Crippen molar-refractivity contribution in [2.24, 2.45) is 0 Å². The fraction of sp³-hybridized carbons (Fsp3) is 0.500. The molecule has 1 fully saturated rings. The van der Waals surface area contributed by atoms with Gasteiger partial charge in [0.1, 0.15) is 11.9 Å². The summed E-state index contributed by atoms with van der Waals surface area (Å²) < 4.78 is 0. The van der Waals surface area contributed by atoms with Crippen LogP contribution >= 0.6 is 0 Å². The van der Waals surface area contributed by atoms with Crippen molar-refractivity contribution in [1.82, 2.24) is 10.3 Å². The number of rotatable bonds is 3. The maximum absolute atomic E-state index is 11.0. The Bertz CT molecular complexity index is 526. The molecule has 1 amide bonds. The van der Waals surface area contributed by atoms with Crippen LogP contribution in [-0.4, -0.2) is 39.7 Å². The van der Waals surface area contributed by atoms with Crippen LogP contribution in [-0.2, 0) is 0 Å². The molecule has 0 unspecified atom stereocenters. The topological polar surface area (TPSA) is 109 Å². The van der Waals surface area contributed by atoms with Gasteiger partial charge in [0.2, 0.25) is 0 Å². The first-order valence-electron chi connectivity index (χ1n) is 6.27. The van der Waals surface area contributed by atoms with E-state index in [0.717, 1.165) is 0 Å². The zero-order chi connectivity index (χ0) is 14.8. The number of pyridine rings is 1. The minimum absolute atomic E-state index is 0.165. The van der Waals surface area contributed by atoms with Gasteiger partial charge in [0, 0.05) is 18.6 Å². The van der Waals surface area contributed by atoms with E-state index in [1.165, 1.54) is 6.20 Å². The van der Waals surface area contributed by atoms with Crippen LogP contribution < -0.4 is 10.2 Å². The Morgan fingerprint density at radius 2 is 2.20 bits per heavy atom. The molecule has 1 aromatic heterocycles. The molecule has 8 heteroatoms. The molecule has 8 nitrogen and oxygen atoms in total. The standard InChI is InChI=1S/C12H16N4O4/c1-12(14-11(17)18)4-7-15(8-5-12)9-3-2-6-13-10(9)16(19)20/h2-3,6,14H,4-5,7-8H2,1H3,(H,17,18). The number of nitrogens with zero attached hydrogens (tertiary/aromatic N) is 3. The second-order valence-electron chi connectivity index (χ2n) is 5.08. The molecule has 2 heterocycles. The average molecular weight is 280 g/mol. The van der Waals surface area contributed by atoms with E-state index < -0.39 is 16.6 Å². The van der Waals surface area contributed by atoms with Gasteiger partial charge in [-0.2, -0.15) is 0 Å². The van der Waals surface area contributed by atoms with E-state index in [1.807, 2.05) is 11.8 Å². The van der Waals surface area contributed by atoms with Crippen LogP contribution in [0, 0.1) is 10.1 Å². The number of carbonyl (C=O) groups is 1. The average Bonchev–Trinajstić information content (AvgIpc) is 2.38. The number of carboxylic acid groups (broad SMARTS) is 1. The minimum Gasteiger partial charge on any atom is -0.465 e. The smallest absolute Gasteiger partial charge is 0.405 e. The highest BCUT2D eigenvalue weighted by Gasteiger charge is 2.33. The Morgan fingerprint density at radius 1 is 1.55 bits per heavy atom. The fourth-order valence-corrected chi connectivity index (χ4v) is 2.40. The van der Waals surface area contributed by atoms with Crippen LogP contribution in [0.5, 0.6) is 0 Å². The van der Waals surface area contributed by atoms with Gasteiger partial charge in [-0.1, -0.05) is 0 Å². The van der Waals surface area contributed by atoms with Crippen molar-refractivity contribution in [2.75, 3.05) is 18.0 Å². The zero-order valence-electron chi connectivity index (χ0n) is 11.1. The predicted molar refractivity (Wildman–Crippen MR) is 71.9 cm³/mol. The molecule has 0 aliphatic carbocycles. The maximum Gasteiger partial charge on any atom is 0.405 e. The molecule has 0 aromatic carbocycles. The fourth-order valence-electron chi connectivity index (χ4n) is 2.40. The summed E-state index contributed by atoms with van der Waals surface area (Å²) in [5.41, 5.74) is -0.00542. The third kappa shape index (κ3) is 2.95. The van der Waals surface area contributed by atoms with Crippen molar-refractivity contribution >= 4 is 17.6 Å². The number of nitro groups is 1. The molecular weight excluding hydrogens is 264 g/mol. The molecule has 0 bridgehead atoms. The number of nitrogens with one attached hydrogen (secondary N) is 1. The third-order valence-electron chi connectivity index (χ3n) is 3.56. The lowest BCUT2D eigenvalue weighted by Gasteiger charge is -2.39. The number of hydrogen-bond donors (Lipinski definition) is 2. The first-order chi connectivity index (χ1) is 9.41. The molecule has 0 saturated carbocycles. The molecule has 1 aliphatic rings. The summed E-state index contributed by atoms with van der Waals surface area (Å²) in [5.74, 6) is -0.165. The Labute approximate surface area is 115 Å². The van der Waals surface area contributed by atoms with Crippen LogP contribution in [0.3, 0.4) is 0 Å². The summed E-state index contributed by atoms with van der Waals surface area (Å²) >= 11 is 0. The van der Waals surface area contributed by atoms with Gasteiger partial charge in [-0.25, -0.2) is 4.79 Å². The van der Waals surface area contributed by atoms with Crippen molar-refractivity contribution in [3.63, 3.8) is 0 Å². The SMILES string of the molecule is CC1(NC(=O)O)CCN(c2cccnc2[N+](=O)[O-])CC1. The second-order valence-corrected chi connectivity index (χ2v) is 5.08. The molecule has 2 rings (SSSR count). The normalized spacial score (nSPS) is 17.6. The van der Waals surface area contributed by atoms with E-state index >= 15 is 0 Å². The molecule has 0 radical (unpaired) electrons. The summed E-state index contributed by atoms with van der Waals surface area (Å²) in [6.45, 7) is 2.93. The number of aromatic nitrogens is 1. The minimum atomic E-state index is -1.05. The summed E-state index contributed by atoms with van der Waals surface area (Å²) in [5, 5.41) is 22.3. The monoisotopic (exact) mass is 280 g/mol. The Morgan fingerprint density at radius 3 is 2.75 bits per heavy atom. The molecule has 1 aliphatic heterocycles. The van der Waals surface area contributed by atoms with Gasteiger partial charge >= 0.3 is 11.9 Å². The number of hydrogen-bond acceptors (Lipinski definition) is 5. The van der Waals surface area contributed by atoms with Gasteiger partial charge in [-0.15, -0.1) is 0 Å². The first-order valence-corrected chi connectivity index (χ1v) is 6.27. The second kappa shape index (κ2) is 5.32. The Balaban J connectivity index is 2.11. The lowest BCUT2D eigenvalue weighted by atomic mass is 9.89. The predicted octanol–water partition coefficient (Wildman–Crippen LogP) is 1.62. The lowest BCUT2D eigenvalue weighted by Crippen LogP contribution is -2.53. The molecule has 1 saturated heterocycles. The van der Waals surface area contributed by atoms with Gasteiger partial charge in [-0.05, 0) is 41.8 Å². The molecule has 20 heavy (non-hydrogen) atoms. The van der Waals surface area contributed by atoms with Crippen molar-refractivity contribution in [2.45, 2.75) is 25.3 Å². The van der Waals surface area contributed by atoms with Gasteiger partial charge in [-0.3, -0.25) is 0 Å². The quantitative estimate of drug-likeness (QED) is 0.643. The van der Waals surface area contributed by atoms with Crippen molar-refractivity contribution in [3.8, 4) is 0 Å². The first kappa shape index (κ1) is 14.0. The summed E-state index contributed by atoms with van der Waals surface area (Å²) in [6.07, 6.45) is 1.52. The Hall–Kier alpha value is -2.38. The highest BCUT2D eigenvalue weighted by atomic mass is 16.6. The van der Waals surface area contributed by atoms with E-state index in [9.17, 15) is 14.9 Å². The molecule has 0 atom stereocenters. The van der Waals surface area contributed by atoms with Crippen molar-refractivity contribution < 1.29 is 14.8 Å². The van der Waals surface area contributed by atoms with Crippen LogP contribution in [0.4, 0.5) is 16.3 Å². The van der Waals surface area contributed by atoms with E-state index in [-0.39, 0.29) is 5.82 Å². The largest absolute Gasteiger partial charge is 0.465 e. The van der Waals surface area contributed by atoms with Crippen LogP contribution in [0.2, 0.25) is 0 Å². The lowest BCUT2D eigenvalue weighted by molar-refractivity contribution is -0.388. The maximum atomic E-state index is 11.0. The molecular formula is C12H16N4O4. The van der Waals surface area contributed by atoms with Crippen molar-refractivity contribution in [3.05, 3.63) is 28.4 Å². The van der Waals surface area contributed by atoms with Gasteiger partial charge in [0.25, 0.3) is 0 Å². The van der Waals surface area contributed by atoms with Crippen LogP contribution in [0.1, 0.15) is 19.8 Å². The van der Waals surface area contributed by atoms with Gasteiger partial charge in [0.15, 0.2) is 0 Å². The van der Waals surface area contributed by atoms with Gasteiger partial charge < -0.3 is 25.4 Å². The summed E-state index contributed by atoms with van der Waals surface area (Å²) in [7, 11) is 0. The summed E-state index contributed by atoms with van der Waals surface area (Å²) in [4.78, 5) is 26.9. The molecule has 0 spiro atoms. The van der Waals surface area contributed by atoms with Crippen molar-refractivity contribution in [1.29, 1.82) is 0 Å². The number of piperidine rings is 1. The third-order valence-corrected chi connectivity index (χ3v) is 3.56. The van der Waals surface area contributed by atoms with E-state index in [4.69, 9.17) is 5.11 Å². The summed E-state index contributed by atoms with van der Waals surface area (Å²) in [6, 6.07) is 3.32. The number of anilines is 1. The van der Waals surface area contributed by atoms with E-state index in [2.05, 4.69) is 10.3 Å². The van der Waals surface area contributed by atoms with Crippen LogP contribution in [0.25, 0.3) is 0 Å².